The molecule has 2 aromatic rings. The highest BCUT2D eigenvalue weighted by Crippen LogP contribution is 2.41. The molecule has 2 amide bonds. The molecule has 0 spiro atoms. The fraction of sp³-hybridized carbons (Fsp3) is 0.429. The number of nitriles is 1. The van der Waals surface area contributed by atoms with Crippen molar-refractivity contribution in [2.45, 2.75) is 43.8 Å². The predicted molar refractivity (Wildman–Crippen MR) is 110 cm³/mol. The SMILES string of the molecule is N#CCC1(n2cc(C(N)=O)c(Nc3ccccc3)n2)CCC(C(=O)NCC(F)(F)F)CC1. The molecule has 1 fully saturated rings. The van der Waals surface area contributed by atoms with Gasteiger partial charge in [0, 0.05) is 17.8 Å². The number of para-hydroxylation sites is 1. The Kier molecular flexibility index (Phi) is 6.72. The van der Waals surface area contributed by atoms with Crippen LogP contribution < -0.4 is 16.4 Å². The van der Waals surface area contributed by atoms with Crippen LogP contribution in [-0.4, -0.2) is 34.3 Å². The summed E-state index contributed by atoms with van der Waals surface area (Å²) < 4.78 is 38.7. The number of halogens is 3. The number of aromatic nitrogens is 2. The van der Waals surface area contributed by atoms with E-state index in [2.05, 4.69) is 16.5 Å². The molecule has 1 aromatic heterocycles. The molecule has 1 heterocycles. The van der Waals surface area contributed by atoms with Crippen LogP contribution in [0.5, 0.6) is 0 Å². The van der Waals surface area contributed by atoms with Gasteiger partial charge in [-0.2, -0.15) is 23.5 Å². The number of nitrogens with one attached hydrogen (secondary N) is 2. The number of hydrogen-bond donors (Lipinski definition) is 3. The molecule has 170 valence electrons. The Bertz CT molecular complexity index is 1000. The van der Waals surface area contributed by atoms with Crippen LogP contribution >= 0.6 is 0 Å². The highest BCUT2D eigenvalue weighted by Gasteiger charge is 2.41. The number of hydrogen-bond acceptors (Lipinski definition) is 5. The van der Waals surface area contributed by atoms with Gasteiger partial charge in [0.1, 0.15) is 12.1 Å². The predicted octanol–water partition coefficient (Wildman–Crippen LogP) is 3.20. The third-order valence-electron chi connectivity index (χ3n) is 5.66. The molecular formula is C21H23F3N6O2. The first-order valence-corrected chi connectivity index (χ1v) is 10.1. The number of alkyl halides is 3. The van der Waals surface area contributed by atoms with Gasteiger partial charge in [0.15, 0.2) is 5.82 Å². The lowest BCUT2D eigenvalue weighted by molar-refractivity contribution is -0.141. The molecule has 1 aliphatic rings. The first-order valence-electron chi connectivity index (χ1n) is 10.1. The van der Waals surface area contributed by atoms with Crippen LogP contribution in [0, 0.1) is 17.2 Å². The monoisotopic (exact) mass is 448 g/mol. The topological polar surface area (TPSA) is 126 Å². The van der Waals surface area contributed by atoms with Crippen LogP contribution in [0.3, 0.4) is 0 Å². The van der Waals surface area contributed by atoms with Gasteiger partial charge in [0.25, 0.3) is 5.91 Å². The highest BCUT2D eigenvalue weighted by atomic mass is 19.4. The average molecular weight is 448 g/mol. The smallest absolute Gasteiger partial charge is 0.365 e. The molecule has 3 rings (SSSR count). The third kappa shape index (κ3) is 5.38. The van der Waals surface area contributed by atoms with Crippen molar-refractivity contribution in [2.24, 2.45) is 11.7 Å². The molecule has 1 aliphatic carbocycles. The molecule has 4 N–H and O–H groups in total. The van der Waals surface area contributed by atoms with Crippen LogP contribution in [0.25, 0.3) is 0 Å². The van der Waals surface area contributed by atoms with E-state index in [1.165, 1.54) is 10.9 Å². The molecule has 11 heteroatoms. The molecule has 1 saturated carbocycles. The van der Waals surface area contributed by atoms with Crippen molar-refractivity contribution in [3.05, 3.63) is 42.1 Å². The highest BCUT2D eigenvalue weighted by molar-refractivity contribution is 5.98. The van der Waals surface area contributed by atoms with Crippen molar-refractivity contribution in [1.82, 2.24) is 15.1 Å². The van der Waals surface area contributed by atoms with E-state index in [1.807, 2.05) is 23.5 Å². The van der Waals surface area contributed by atoms with E-state index >= 15 is 0 Å². The molecule has 0 aliphatic heterocycles. The standard InChI is InChI=1S/C21H23F3N6O2/c22-21(23,24)13-27-19(32)14-6-8-20(9-7-14,10-11-25)30-12-16(17(26)31)18(29-30)28-15-4-2-1-3-5-15/h1-5,12,14H,6-10,13H2,(H2,26,31)(H,27,32)(H,28,29). The van der Waals surface area contributed by atoms with Gasteiger partial charge >= 0.3 is 6.18 Å². The Morgan fingerprint density at radius 1 is 1.25 bits per heavy atom. The van der Waals surface area contributed by atoms with Crippen LogP contribution in [-0.2, 0) is 10.3 Å². The first-order chi connectivity index (χ1) is 15.1. The maximum absolute atomic E-state index is 12.4. The van der Waals surface area contributed by atoms with Gasteiger partial charge in [-0.3, -0.25) is 14.3 Å². The van der Waals surface area contributed by atoms with Gasteiger partial charge in [0.2, 0.25) is 5.91 Å². The van der Waals surface area contributed by atoms with E-state index in [0.29, 0.717) is 31.4 Å². The lowest BCUT2D eigenvalue weighted by Gasteiger charge is -2.38. The van der Waals surface area contributed by atoms with E-state index < -0.39 is 36.0 Å². The Hall–Kier alpha value is -3.55. The summed E-state index contributed by atoms with van der Waals surface area (Å²) in [6, 6.07) is 11.2. The average Bonchev–Trinajstić information content (AvgIpc) is 3.18. The number of benzene rings is 1. The van der Waals surface area contributed by atoms with Crippen molar-refractivity contribution in [1.29, 1.82) is 5.26 Å². The molecule has 0 bridgehead atoms. The number of amides is 2. The zero-order valence-electron chi connectivity index (χ0n) is 17.2. The number of carbonyl (C=O) groups excluding carboxylic acids is 2. The summed E-state index contributed by atoms with van der Waals surface area (Å²) in [4.78, 5) is 24.1. The maximum atomic E-state index is 12.4. The molecule has 0 radical (unpaired) electrons. The van der Waals surface area contributed by atoms with E-state index in [1.54, 1.807) is 12.1 Å². The zero-order chi connectivity index (χ0) is 23.4. The molecule has 0 atom stereocenters. The fourth-order valence-electron chi connectivity index (χ4n) is 3.93. The largest absolute Gasteiger partial charge is 0.405 e. The molecule has 32 heavy (non-hydrogen) atoms. The second-order valence-corrected chi connectivity index (χ2v) is 7.86. The van der Waals surface area contributed by atoms with Gasteiger partial charge in [0.05, 0.1) is 18.0 Å². The van der Waals surface area contributed by atoms with Crippen molar-refractivity contribution < 1.29 is 22.8 Å². The summed E-state index contributed by atoms with van der Waals surface area (Å²) in [6.07, 6.45) is -1.66. The van der Waals surface area contributed by atoms with Gasteiger partial charge < -0.3 is 16.4 Å². The summed E-state index contributed by atoms with van der Waals surface area (Å²) in [5, 5.41) is 18.9. The number of carbonyl (C=O) groups is 2. The minimum absolute atomic E-state index is 0.0640. The van der Waals surface area contributed by atoms with Crippen LogP contribution in [0.2, 0.25) is 0 Å². The van der Waals surface area contributed by atoms with E-state index in [-0.39, 0.29) is 17.8 Å². The minimum atomic E-state index is -4.47. The van der Waals surface area contributed by atoms with Gasteiger partial charge in [-0.15, -0.1) is 0 Å². The summed E-state index contributed by atoms with van der Waals surface area (Å²) in [6.45, 7) is -1.37. The number of rotatable bonds is 7. The Morgan fingerprint density at radius 2 is 1.91 bits per heavy atom. The van der Waals surface area contributed by atoms with Gasteiger partial charge in [-0.05, 0) is 37.8 Å². The van der Waals surface area contributed by atoms with E-state index in [4.69, 9.17) is 5.73 Å². The molecule has 1 aromatic carbocycles. The summed E-state index contributed by atoms with van der Waals surface area (Å²) in [5.41, 5.74) is 5.56. The van der Waals surface area contributed by atoms with E-state index in [0.717, 1.165) is 0 Å². The van der Waals surface area contributed by atoms with Crippen molar-refractivity contribution >= 4 is 23.3 Å². The minimum Gasteiger partial charge on any atom is -0.365 e. The first kappa shape index (κ1) is 23.1. The number of nitrogens with two attached hydrogens (primary N) is 1. The normalized spacial score (nSPS) is 20.9. The molecular weight excluding hydrogens is 425 g/mol. The Labute approximate surface area is 182 Å². The summed E-state index contributed by atoms with van der Waals surface area (Å²) in [7, 11) is 0. The Balaban J connectivity index is 1.80. The third-order valence-corrected chi connectivity index (χ3v) is 5.66. The second-order valence-electron chi connectivity index (χ2n) is 7.86. The van der Waals surface area contributed by atoms with Gasteiger partial charge in [-0.25, -0.2) is 0 Å². The number of nitrogens with zero attached hydrogens (tertiary/aromatic N) is 3. The second kappa shape index (κ2) is 9.30. The molecule has 0 unspecified atom stereocenters. The summed E-state index contributed by atoms with van der Waals surface area (Å²) in [5.74, 6) is -1.69. The van der Waals surface area contributed by atoms with Crippen LogP contribution in [0.15, 0.2) is 36.5 Å². The fourth-order valence-corrected chi connectivity index (χ4v) is 3.93. The number of anilines is 2. The van der Waals surface area contributed by atoms with E-state index in [9.17, 15) is 28.0 Å². The van der Waals surface area contributed by atoms with Crippen LogP contribution in [0.1, 0.15) is 42.5 Å². The molecule has 8 nitrogen and oxygen atoms in total. The zero-order valence-corrected chi connectivity index (χ0v) is 17.2. The number of primary amides is 1. The Morgan fingerprint density at radius 3 is 2.47 bits per heavy atom. The quantitative estimate of drug-likeness (QED) is 0.600. The lowest BCUT2D eigenvalue weighted by Crippen LogP contribution is -2.43. The molecule has 0 saturated heterocycles. The van der Waals surface area contributed by atoms with Gasteiger partial charge in [-0.1, -0.05) is 18.2 Å². The van der Waals surface area contributed by atoms with Crippen molar-refractivity contribution in [3.63, 3.8) is 0 Å². The van der Waals surface area contributed by atoms with Crippen molar-refractivity contribution in [3.8, 4) is 6.07 Å². The van der Waals surface area contributed by atoms with Crippen LogP contribution in [0.4, 0.5) is 24.7 Å². The van der Waals surface area contributed by atoms with Crippen molar-refractivity contribution in [2.75, 3.05) is 11.9 Å². The summed E-state index contributed by atoms with van der Waals surface area (Å²) >= 11 is 0. The lowest BCUT2D eigenvalue weighted by atomic mass is 9.74. The maximum Gasteiger partial charge on any atom is 0.405 e.